The molecular formula is C27H21N5O5. The lowest BCUT2D eigenvalue weighted by Crippen LogP contribution is -2.01. The van der Waals surface area contributed by atoms with Crippen molar-refractivity contribution < 1.29 is 24.9 Å². The van der Waals surface area contributed by atoms with Crippen molar-refractivity contribution in [2.24, 2.45) is 10.2 Å². The van der Waals surface area contributed by atoms with Crippen LogP contribution in [0.25, 0.3) is 16.5 Å². The van der Waals surface area contributed by atoms with Crippen molar-refractivity contribution >= 4 is 22.6 Å². The molecule has 5 rings (SSSR count). The van der Waals surface area contributed by atoms with E-state index in [4.69, 9.17) is 0 Å². The van der Waals surface area contributed by atoms with E-state index in [2.05, 4.69) is 15.3 Å². The third-order valence-electron chi connectivity index (χ3n) is 5.88. The molecule has 37 heavy (non-hydrogen) atoms. The minimum absolute atomic E-state index is 0.0543. The third kappa shape index (κ3) is 4.67. The first kappa shape index (κ1) is 23.5. The van der Waals surface area contributed by atoms with Crippen LogP contribution in [0.2, 0.25) is 0 Å². The van der Waals surface area contributed by atoms with E-state index in [9.17, 15) is 24.9 Å². The lowest BCUT2D eigenvalue weighted by Gasteiger charge is -2.06. The molecule has 184 valence electrons. The molecule has 0 bridgehead atoms. The summed E-state index contributed by atoms with van der Waals surface area (Å²) in [4.78, 5) is 25.0. The molecule has 0 spiro atoms. The topological polar surface area (TPSA) is 142 Å². The van der Waals surface area contributed by atoms with Crippen LogP contribution in [0.3, 0.4) is 0 Å². The molecule has 0 unspecified atom stereocenters. The molecule has 0 aliphatic rings. The van der Waals surface area contributed by atoms with Crippen LogP contribution in [0.1, 0.15) is 26.4 Å². The predicted molar refractivity (Wildman–Crippen MR) is 134 cm³/mol. The van der Waals surface area contributed by atoms with Crippen molar-refractivity contribution in [3.05, 3.63) is 102 Å². The number of carbonyl (C=O) groups is 2. The van der Waals surface area contributed by atoms with Gasteiger partial charge in [0, 0.05) is 22.9 Å². The number of nitrogens with zero attached hydrogens (tertiary/aromatic N) is 5. The normalized spacial score (nSPS) is 11.4. The molecule has 0 aliphatic heterocycles. The van der Waals surface area contributed by atoms with Gasteiger partial charge in [0.25, 0.3) is 5.91 Å². The monoisotopic (exact) mass is 495 g/mol. The van der Waals surface area contributed by atoms with Crippen LogP contribution in [0, 0.1) is 0 Å². The molecule has 3 aromatic carbocycles. The third-order valence-corrected chi connectivity index (χ3v) is 5.88. The number of aromatic hydroxyl groups is 3. The summed E-state index contributed by atoms with van der Waals surface area (Å²) in [6.07, 6.45) is 1.84. The highest BCUT2D eigenvalue weighted by Gasteiger charge is 2.20. The Balaban J connectivity index is 1.34. The van der Waals surface area contributed by atoms with E-state index in [0.717, 1.165) is 5.56 Å². The van der Waals surface area contributed by atoms with Crippen LogP contribution in [-0.4, -0.2) is 41.5 Å². The predicted octanol–water partition coefficient (Wildman–Crippen LogP) is 4.62. The number of aryl methyl sites for hydroxylation is 1. The van der Waals surface area contributed by atoms with E-state index in [1.54, 1.807) is 24.3 Å². The van der Waals surface area contributed by atoms with Gasteiger partial charge in [-0.05, 0) is 42.3 Å². The van der Waals surface area contributed by atoms with Crippen molar-refractivity contribution in [2.45, 2.75) is 13.0 Å². The second-order valence-electron chi connectivity index (χ2n) is 8.25. The molecule has 2 heterocycles. The average Bonchev–Trinajstić information content (AvgIpc) is 3.43. The molecule has 10 heteroatoms. The molecular weight excluding hydrogens is 474 g/mol. The van der Waals surface area contributed by atoms with Crippen molar-refractivity contribution in [3.63, 3.8) is 0 Å². The molecule has 0 saturated carbocycles. The van der Waals surface area contributed by atoms with Gasteiger partial charge in [-0.15, -0.1) is 10.2 Å². The highest BCUT2D eigenvalue weighted by molar-refractivity contribution is 6.03. The molecule has 3 N–H and O–H groups in total. The van der Waals surface area contributed by atoms with Gasteiger partial charge in [0.05, 0.1) is 11.9 Å². The summed E-state index contributed by atoms with van der Waals surface area (Å²) in [5.74, 6) is -2.55. The van der Waals surface area contributed by atoms with Gasteiger partial charge in [0.15, 0.2) is 11.4 Å². The zero-order valence-corrected chi connectivity index (χ0v) is 19.4. The first-order valence-corrected chi connectivity index (χ1v) is 11.3. The van der Waals surface area contributed by atoms with E-state index < -0.39 is 17.6 Å². The van der Waals surface area contributed by atoms with E-state index >= 15 is 0 Å². The highest BCUT2D eigenvalue weighted by Crippen LogP contribution is 2.37. The molecule has 2 aromatic heterocycles. The molecule has 10 nitrogen and oxygen atoms in total. The molecule has 0 saturated heterocycles. The maximum Gasteiger partial charge on any atom is 0.319 e. The van der Waals surface area contributed by atoms with Crippen LogP contribution in [-0.2, 0) is 13.0 Å². The Morgan fingerprint density at radius 2 is 1.43 bits per heavy atom. The summed E-state index contributed by atoms with van der Waals surface area (Å²) in [5, 5.41) is 42.9. The minimum atomic E-state index is -0.992. The van der Waals surface area contributed by atoms with Crippen molar-refractivity contribution in [1.82, 2.24) is 14.3 Å². The second-order valence-corrected chi connectivity index (χ2v) is 8.25. The Labute approximate surface area is 210 Å². The number of fused-ring (bicyclic) bond motifs is 1. The number of carbonyl (C=O) groups excluding carboxylic acids is 2. The fourth-order valence-corrected chi connectivity index (χ4v) is 3.97. The first-order valence-electron chi connectivity index (χ1n) is 11.3. The zero-order valence-electron chi connectivity index (χ0n) is 19.4. The summed E-state index contributed by atoms with van der Waals surface area (Å²) in [5.41, 5.74) is 1.36. The second kappa shape index (κ2) is 9.78. The smallest absolute Gasteiger partial charge is 0.319 e. The number of hydrogen-bond acceptors (Lipinski definition) is 6. The SMILES string of the molecule is O=C(N=NC(=O)c1nn(-c2ccccc2)cc1O)c1ccc2c(O)n(CCc3ccccc3)c(O)c2c1. The molecule has 2 amide bonds. The van der Waals surface area contributed by atoms with E-state index in [-0.39, 0.29) is 28.4 Å². The molecule has 0 radical (unpaired) electrons. The lowest BCUT2D eigenvalue weighted by atomic mass is 10.1. The largest absolute Gasteiger partial charge is 0.504 e. The molecule has 5 aromatic rings. The van der Waals surface area contributed by atoms with Gasteiger partial charge >= 0.3 is 5.91 Å². The van der Waals surface area contributed by atoms with Crippen LogP contribution in [0.5, 0.6) is 17.5 Å². The number of azo groups is 1. The number of para-hydroxylation sites is 1. The fourth-order valence-electron chi connectivity index (χ4n) is 3.97. The zero-order chi connectivity index (χ0) is 25.9. The number of benzene rings is 3. The van der Waals surface area contributed by atoms with Crippen LogP contribution < -0.4 is 0 Å². The molecule has 0 fully saturated rings. The lowest BCUT2D eigenvalue weighted by molar-refractivity contribution is 0.0942. The number of hydrogen-bond donors (Lipinski definition) is 3. The van der Waals surface area contributed by atoms with Crippen LogP contribution in [0.4, 0.5) is 0 Å². The van der Waals surface area contributed by atoms with E-state index in [0.29, 0.717) is 24.0 Å². The Morgan fingerprint density at radius 1 is 0.784 bits per heavy atom. The molecule has 0 aliphatic carbocycles. The van der Waals surface area contributed by atoms with Crippen molar-refractivity contribution in [2.75, 3.05) is 0 Å². The average molecular weight is 495 g/mol. The first-order chi connectivity index (χ1) is 17.9. The standard InChI is InChI=1S/C27H21N5O5/c33-22-16-32(19-9-5-2-6-10-19)30-23(22)25(35)29-28-24(34)18-11-12-20-21(15-18)27(37)31(26(20)36)14-13-17-7-3-1-4-8-17/h1-12,15-16,33,36-37H,13-14H2. The fraction of sp³-hybridized carbons (Fsp3) is 0.0741. The van der Waals surface area contributed by atoms with Gasteiger partial charge in [-0.3, -0.25) is 14.2 Å². The van der Waals surface area contributed by atoms with Crippen LogP contribution in [0.15, 0.2) is 95.3 Å². The number of aromatic nitrogens is 3. The summed E-state index contributed by atoms with van der Waals surface area (Å²) < 4.78 is 2.67. The Morgan fingerprint density at radius 3 is 2.16 bits per heavy atom. The quantitative estimate of drug-likeness (QED) is 0.293. The number of amides is 2. The van der Waals surface area contributed by atoms with Gasteiger partial charge in [-0.2, -0.15) is 5.10 Å². The summed E-state index contributed by atoms with van der Waals surface area (Å²) in [7, 11) is 0. The van der Waals surface area contributed by atoms with Gasteiger partial charge in [-0.1, -0.05) is 48.5 Å². The summed E-state index contributed by atoms with van der Waals surface area (Å²) in [6.45, 7) is 0.326. The van der Waals surface area contributed by atoms with Gasteiger partial charge < -0.3 is 15.3 Å². The van der Waals surface area contributed by atoms with E-state index in [1.807, 2.05) is 36.4 Å². The van der Waals surface area contributed by atoms with E-state index in [1.165, 1.54) is 33.6 Å². The van der Waals surface area contributed by atoms with Gasteiger partial charge in [-0.25, -0.2) is 4.68 Å². The molecule has 0 atom stereocenters. The Bertz CT molecular complexity index is 1640. The number of rotatable bonds is 6. The highest BCUT2D eigenvalue weighted by atomic mass is 16.3. The van der Waals surface area contributed by atoms with Gasteiger partial charge in [0.2, 0.25) is 11.8 Å². The minimum Gasteiger partial charge on any atom is -0.504 e. The van der Waals surface area contributed by atoms with Gasteiger partial charge in [0.1, 0.15) is 0 Å². The van der Waals surface area contributed by atoms with Crippen molar-refractivity contribution in [1.29, 1.82) is 0 Å². The maximum absolute atomic E-state index is 12.6. The van der Waals surface area contributed by atoms with Crippen molar-refractivity contribution in [3.8, 4) is 23.2 Å². The summed E-state index contributed by atoms with van der Waals surface area (Å²) in [6, 6.07) is 22.8. The maximum atomic E-state index is 12.6. The Hall–Kier alpha value is -5.25. The summed E-state index contributed by atoms with van der Waals surface area (Å²) >= 11 is 0. The van der Waals surface area contributed by atoms with Crippen LogP contribution >= 0.6 is 0 Å². The Kier molecular flexibility index (Phi) is 6.21.